The van der Waals surface area contributed by atoms with Crippen LogP contribution in [-0.2, 0) is 37.5 Å². The number of aliphatic carboxylic acids is 1. The van der Waals surface area contributed by atoms with Crippen molar-refractivity contribution in [1.82, 2.24) is 0 Å². The first-order valence-electron chi connectivity index (χ1n) is 23.8. The number of hydrogen-bond acceptors (Lipinski definition) is 10. The Hall–Kier alpha value is -2.60. The van der Waals surface area contributed by atoms with E-state index in [-0.39, 0.29) is 12.8 Å². The molecule has 2 unspecified atom stereocenters. The van der Waals surface area contributed by atoms with Gasteiger partial charge < -0.3 is 30.3 Å². The normalized spacial score (nSPS) is 14.6. The number of unbranched alkanes of at least 4 members (excludes halogenated alkanes) is 21. The largest absolute Gasteiger partial charge is 0.480 e. The molecule has 0 amide bonds. The lowest BCUT2D eigenvalue weighted by atomic mass is 10.1. The fourth-order valence-corrected chi connectivity index (χ4v) is 7.14. The third-order valence-electron chi connectivity index (χ3n) is 10.2. The van der Waals surface area contributed by atoms with Crippen molar-refractivity contribution in [2.75, 3.05) is 19.8 Å². The lowest BCUT2D eigenvalue weighted by molar-refractivity contribution is -0.161. The molecule has 0 fully saturated rings. The van der Waals surface area contributed by atoms with Crippen LogP contribution in [0.4, 0.5) is 0 Å². The van der Waals surface area contributed by atoms with Crippen molar-refractivity contribution in [1.29, 1.82) is 0 Å². The second-order valence-electron chi connectivity index (χ2n) is 16.1. The minimum absolute atomic E-state index is 0.00293. The molecule has 0 spiro atoms. The third-order valence-corrected chi connectivity index (χ3v) is 11.1. The summed E-state index contributed by atoms with van der Waals surface area (Å²) in [5.41, 5.74) is 5.33. The van der Waals surface area contributed by atoms with Crippen LogP contribution in [0.5, 0.6) is 0 Å². The first-order valence-corrected chi connectivity index (χ1v) is 25.3. The van der Waals surface area contributed by atoms with Gasteiger partial charge in [0.1, 0.15) is 12.6 Å². The molecule has 0 saturated heterocycles. The maximum atomic E-state index is 12.7. The van der Waals surface area contributed by atoms with E-state index in [1.807, 2.05) is 12.2 Å². The number of aliphatic hydroxyl groups is 1. The Morgan fingerprint density at radius 2 is 1.07 bits per heavy atom. The first kappa shape index (κ1) is 58.4. The van der Waals surface area contributed by atoms with E-state index in [0.717, 1.165) is 44.9 Å². The first-order chi connectivity index (χ1) is 29.5. The second-order valence-corrected chi connectivity index (χ2v) is 17.5. The van der Waals surface area contributed by atoms with Crippen LogP contribution < -0.4 is 5.73 Å². The van der Waals surface area contributed by atoms with Gasteiger partial charge in [0.25, 0.3) is 0 Å². The molecular formula is C48H86NO11P. The van der Waals surface area contributed by atoms with Gasteiger partial charge in [-0.05, 0) is 64.2 Å². The van der Waals surface area contributed by atoms with Gasteiger partial charge in [-0.3, -0.25) is 23.4 Å². The molecule has 0 aliphatic rings. The second kappa shape index (κ2) is 42.7. The molecule has 0 rings (SSSR count). The zero-order chi connectivity index (χ0) is 45.1. The molecule has 5 N–H and O–H groups in total. The summed E-state index contributed by atoms with van der Waals surface area (Å²) in [5, 5.41) is 19.2. The van der Waals surface area contributed by atoms with E-state index < -0.39 is 63.8 Å². The average Bonchev–Trinajstić information content (AvgIpc) is 3.23. The summed E-state index contributed by atoms with van der Waals surface area (Å²) in [6.45, 7) is 2.61. The van der Waals surface area contributed by atoms with Gasteiger partial charge in [0.05, 0.1) is 19.3 Å². The number of carboxylic acids is 1. The van der Waals surface area contributed by atoms with Crippen molar-refractivity contribution in [3.8, 4) is 0 Å². The molecule has 0 aliphatic carbocycles. The number of rotatable bonds is 44. The number of esters is 2. The highest BCUT2D eigenvalue weighted by atomic mass is 31.2. The number of phosphoric ester groups is 1. The standard InChI is InChI=1S/C48H86NO11P/c1-3-5-7-9-11-13-15-17-18-19-20-21-22-24-26-28-30-32-34-38-47(52)60-44(41-58-61(55,56)59-42-45(49)48(53)54)40-57-46(51)39-35-37-43(50)36-33-31-29-27-25-23-16-14-12-10-8-6-4-2/h17-18,23,25,29,31,33,36,43-45,50H,3-16,19-22,24,26-28,30,32,34-35,37-42,49H2,1-2H3,(H,53,54)(H,55,56)/b18-17-,25-23+,31-29+,36-33+/t43?,44-,45+/m1/s1. The van der Waals surface area contributed by atoms with E-state index in [9.17, 15) is 28.9 Å². The van der Waals surface area contributed by atoms with Crippen molar-refractivity contribution < 1.29 is 52.6 Å². The summed E-state index contributed by atoms with van der Waals surface area (Å²) >= 11 is 0. The zero-order valence-electron chi connectivity index (χ0n) is 38.1. The van der Waals surface area contributed by atoms with Gasteiger partial charge >= 0.3 is 25.7 Å². The van der Waals surface area contributed by atoms with Gasteiger partial charge in [0, 0.05) is 12.8 Å². The number of ether oxygens (including phenoxy) is 2. The van der Waals surface area contributed by atoms with E-state index in [1.54, 1.807) is 12.2 Å². The minimum atomic E-state index is -4.76. The third kappa shape index (κ3) is 42.5. The molecule has 0 bridgehead atoms. The number of phosphoric acid groups is 1. The van der Waals surface area contributed by atoms with Crippen LogP contribution in [0.2, 0.25) is 0 Å². The van der Waals surface area contributed by atoms with Crippen LogP contribution in [0, 0.1) is 0 Å². The molecule has 0 heterocycles. The molecule has 0 aromatic heterocycles. The zero-order valence-corrected chi connectivity index (χ0v) is 39.0. The monoisotopic (exact) mass is 884 g/mol. The molecule has 0 aliphatic heterocycles. The van der Waals surface area contributed by atoms with Crippen LogP contribution in [0.3, 0.4) is 0 Å². The quantitative estimate of drug-likeness (QED) is 0.0149. The van der Waals surface area contributed by atoms with E-state index in [0.29, 0.717) is 19.3 Å². The number of carbonyl (C=O) groups is 3. The number of nitrogens with two attached hydrogens (primary N) is 1. The van der Waals surface area contributed by atoms with Crippen LogP contribution in [-0.4, -0.2) is 71.1 Å². The Balaban J connectivity index is 4.47. The SMILES string of the molecule is CCCCCCCC/C=C\CCCCCCCCCCCC(=O)O[C@H](COC(=O)CCCC(O)/C=C/C=C/C/C=C/CCCCCCCC)COP(=O)(O)OC[C@H](N)C(=O)O. The Morgan fingerprint density at radius 1 is 0.590 bits per heavy atom. The fraction of sp³-hybridized carbons (Fsp3) is 0.771. The number of allylic oxidation sites excluding steroid dienone is 7. The van der Waals surface area contributed by atoms with Gasteiger partial charge in [-0.15, -0.1) is 0 Å². The van der Waals surface area contributed by atoms with E-state index in [2.05, 4.69) is 42.7 Å². The maximum Gasteiger partial charge on any atom is 0.472 e. The minimum Gasteiger partial charge on any atom is -0.480 e. The Bertz CT molecular complexity index is 1240. The predicted molar refractivity (Wildman–Crippen MR) is 246 cm³/mol. The molecule has 61 heavy (non-hydrogen) atoms. The van der Waals surface area contributed by atoms with Gasteiger partial charge in [-0.1, -0.05) is 172 Å². The summed E-state index contributed by atoms with van der Waals surface area (Å²) < 4.78 is 32.6. The van der Waals surface area contributed by atoms with Crippen LogP contribution in [0.1, 0.15) is 200 Å². The highest BCUT2D eigenvalue weighted by Crippen LogP contribution is 2.43. The van der Waals surface area contributed by atoms with Crippen LogP contribution >= 0.6 is 7.82 Å². The highest BCUT2D eigenvalue weighted by molar-refractivity contribution is 7.47. The van der Waals surface area contributed by atoms with Crippen LogP contribution in [0.25, 0.3) is 0 Å². The fourth-order valence-electron chi connectivity index (χ4n) is 6.36. The van der Waals surface area contributed by atoms with Crippen molar-refractivity contribution in [2.24, 2.45) is 5.73 Å². The van der Waals surface area contributed by atoms with E-state index in [1.165, 1.54) is 109 Å². The summed E-state index contributed by atoms with van der Waals surface area (Å²) in [7, 11) is -4.76. The topological polar surface area (TPSA) is 192 Å². The molecule has 0 aromatic carbocycles. The van der Waals surface area contributed by atoms with Crippen molar-refractivity contribution in [3.05, 3.63) is 48.6 Å². The lowest BCUT2D eigenvalue weighted by Gasteiger charge is -2.20. The van der Waals surface area contributed by atoms with Gasteiger partial charge in [-0.25, -0.2) is 4.57 Å². The lowest BCUT2D eigenvalue weighted by Crippen LogP contribution is -2.34. The maximum absolute atomic E-state index is 12.7. The smallest absolute Gasteiger partial charge is 0.472 e. The predicted octanol–water partition coefficient (Wildman–Crippen LogP) is 11.9. The molecule has 13 heteroatoms. The van der Waals surface area contributed by atoms with Crippen molar-refractivity contribution in [2.45, 2.75) is 218 Å². The molecule has 0 radical (unpaired) electrons. The van der Waals surface area contributed by atoms with Gasteiger partial charge in [0.2, 0.25) is 0 Å². The molecule has 354 valence electrons. The van der Waals surface area contributed by atoms with Crippen molar-refractivity contribution in [3.63, 3.8) is 0 Å². The van der Waals surface area contributed by atoms with Crippen molar-refractivity contribution >= 4 is 25.7 Å². The summed E-state index contributed by atoms with van der Waals surface area (Å²) in [4.78, 5) is 46.1. The summed E-state index contributed by atoms with van der Waals surface area (Å²) in [6.07, 6.45) is 44.9. The molecule has 4 atom stereocenters. The summed E-state index contributed by atoms with van der Waals surface area (Å²) in [5.74, 6) is -2.60. The van der Waals surface area contributed by atoms with Crippen LogP contribution in [0.15, 0.2) is 48.6 Å². The number of hydrogen-bond donors (Lipinski definition) is 4. The molecule has 0 saturated carbocycles. The van der Waals surface area contributed by atoms with E-state index >= 15 is 0 Å². The van der Waals surface area contributed by atoms with Gasteiger partial charge in [-0.2, -0.15) is 0 Å². The average molecular weight is 884 g/mol. The Labute approximate surface area is 369 Å². The summed E-state index contributed by atoms with van der Waals surface area (Å²) in [6, 6.07) is -1.55. The number of carboxylic acid groups (broad SMARTS) is 1. The number of aliphatic hydroxyl groups excluding tert-OH is 1. The Kier molecular flexibility index (Phi) is 40.9. The van der Waals surface area contributed by atoms with Gasteiger partial charge in [0.15, 0.2) is 6.10 Å². The molecular weight excluding hydrogens is 797 g/mol. The molecule has 12 nitrogen and oxygen atoms in total. The van der Waals surface area contributed by atoms with E-state index in [4.69, 9.17) is 24.8 Å². The Morgan fingerprint density at radius 3 is 1.61 bits per heavy atom. The molecule has 0 aromatic rings. The highest BCUT2D eigenvalue weighted by Gasteiger charge is 2.28. The number of carbonyl (C=O) groups excluding carboxylic acids is 2.